The van der Waals surface area contributed by atoms with Crippen LogP contribution < -0.4 is 9.64 Å². The highest BCUT2D eigenvalue weighted by atomic mass is 16.5. The second kappa shape index (κ2) is 9.55. The van der Waals surface area contributed by atoms with E-state index >= 15 is 0 Å². The highest BCUT2D eigenvalue weighted by molar-refractivity contribution is 6.23. The average molecular weight is 486 g/mol. The summed E-state index contributed by atoms with van der Waals surface area (Å²) in [6.07, 6.45) is 4.22. The molecule has 0 bridgehead atoms. The first-order valence-electron chi connectivity index (χ1n) is 12.6. The molecule has 1 aliphatic carbocycles. The van der Waals surface area contributed by atoms with E-state index in [0.717, 1.165) is 22.4 Å². The molecule has 4 nitrogen and oxygen atoms in total. The highest BCUT2D eigenvalue weighted by Crippen LogP contribution is 2.50. The summed E-state index contributed by atoms with van der Waals surface area (Å²) in [5, 5.41) is 0. The molecule has 37 heavy (non-hydrogen) atoms. The minimum Gasteiger partial charge on any atom is -0.457 e. The second-order valence-electron chi connectivity index (χ2n) is 9.73. The number of ether oxygens (including phenoxy) is 1. The lowest BCUT2D eigenvalue weighted by molar-refractivity contribution is -0.122. The lowest BCUT2D eigenvalue weighted by Crippen LogP contribution is -2.31. The number of anilines is 1. The summed E-state index contributed by atoms with van der Waals surface area (Å²) in [6.45, 7) is 2.03. The molecule has 4 aromatic rings. The number of nitrogens with zero attached hydrogens (tertiary/aromatic N) is 1. The van der Waals surface area contributed by atoms with Crippen LogP contribution in [0.15, 0.2) is 121 Å². The zero-order valence-electron chi connectivity index (χ0n) is 20.5. The zero-order valence-corrected chi connectivity index (χ0v) is 20.5. The zero-order chi connectivity index (χ0) is 25.4. The fourth-order valence-corrected chi connectivity index (χ4v) is 5.59. The smallest absolute Gasteiger partial charge is 0.238 e. The normalized spacial score (nSPS) is 22.7. The predicted octanol–water partition coefficient (Wildman–Crippen LogP) is 7.03. The van der Waals surface area contributed by atoms with Gasteiger partial charge in [0, 0.05) is 11.8 Å². The largest absolute Gasteiger partial charge is 0.457 e. The molecule has 4 atom stereocenters. The van der Waals surface area contributed by atoms with Crippen molar-refractivity contribution < 1.29 is 14.3 Å². The van der Waals surface area contributed by atoms with E-state index in [1.807, 2.05) is 91.9 Å². The Bertz CT molecular complexity index is 1380. The Morgan fingerprint density at radius 1 is 0.568 bits per heavy atom. The monoisotopic (exact) mass is 485 g/mol. The summed E-state index contributed by atoms with van der Waals surface area (Å²) < 4.78 is 5.95. The molecule has 182 valence electrons. The van der Waals surface area contributed by atoms with Gasteiger partial charge in [0.15, 0.2) is 0 Å². The molecule has 4 heteroatoms. The Balaban J connectivity index is 1.34. The van der Waals surface area contributed by atoms with Crippen LogP contribution in [-0.4, -0.2) is 11.8 Å². The molecule has 2 amide bonds. The Labute approximate surface area is 216 Å². The number of benzene rings is 4. The molecule has 4 aromatic carbocycles. The number of fused-ring (bicyclic) bond motifs is 1. The first-order chi connectivity index (χ1) is 18.1. The van der Waals surface area contributed by atoms with Gasteiger partial charge in [-0.05, 0) is 54.4 Å². The van der Waals surface area contributed by atoms with Crippen molar-refractivity contribution in [1.82, 2.24) is 0 Å². The van der Waals surface area contributed by atoms with Crippen molar-refractivity contribution in [1.29, 1.82) is 0 Å². The van der Waals surface area contributed by atoms with Crippen molar-refractivity contribution in [3.8, 4) is 11.5 Å². The predicted molar refractivity (Wildman–Crippen MR) is 145 cm³/mol. The van der Waals surface area contributed by atoms with Crippen LogP contribution in [0.3, 0.4) is 0 Å². The third-order valence-corrected chi connectivity index (χ3v) is 7.42. The third-order valence-electron chi connectivity index (χ3n) is 7.42. The Kier molecular flexibility index (Phi) is 5.93. The van der Waals surface area contributed by atoms with E-state index in [9.17, 15) is 9.59 Å². The van der Waals surface area contributed by atoms with Crippen LogP contribution >= 0.6 is 0 Å². The number of hydrogen-bond donors (Lipinski definition) is 0. The van der Waals surface area contributed by atoms with Crippen LogP contribution in [0.5, 0.6) is 11.5 Å². The van der Waals surface area contributed by atoms with E-state index in [4.69, 9.17) is 4.74 Å². The van der Waals surface area contributed by atoms with Crippen molar-refractivity contribution in [2.75, 3.05) is 4.90 Å². The maximum atomic E-state index is 14.0. The molecule has 0 aromatic heterocycles. The molecule has 6 rings (SSSR count). The van der Waals surface area contributed by atoms with Crippen molar-refractivity contribution in [2.24, 2.45) is 11.8 Å². The van der Waals surface area contributed by atoms with Crippen LogP contribution in [-0.2, 0) is 9.59 Å². The van der Waals surface area contributed by atoms with E-state index in [1.54, 1.807) is 24.3 Å². The molecule has 0 unspecified atom stereocenters. The number of rotatable bonds is 5. The molecule has 1 heterocycles. The van der Waals surface area contributed by atoms with Gasteiger partial charge in [0.25, 0.3) is 0 Å². The summed E-state index contributed by atoms with van der Waals surface area (Å²) in [4.78, 5) is 29.3. The van der Waals surface area contributed by atoms with E-state index in [2.05, 4.69) is 12.2 Å². The maximum Gasteiger partial charge on any atom is 0.238 e. The molecule has 1 saturated heterocycles. The minimum absolute atomic E-state index is 0.152. The summed E-state index contributed by atoms with van der Waals surface area (Å²) in [7, 11) is 0. The molecule has 0 N–H and O–H groups in total. The quantitative estimate of drug-likeness (QED) is 0.225. The van der Waals surface area contributed by atoms with Gasteiger partial charge >= 0.3 is 0 Å². The molecule has 0 radical (unpaired) electrons. The first-order valence-corrected chi connectivity index (χ1v) is 12.6. The Morgan fingerprint density at radius 3 is 1.46 bits per heavy atom. The molecule has 2 aliphatic rings. The lowest BCUT2D eigenvalue weighted by Gasteiger charge is -2.32. The number of carbonyl (C=O) groups is 2. The van der Waals surface area contributed by atoms with Crippen LogP contribution in [0.25, 0.3) is 0 Å². The summed E-state index contributed by atoms with van der Waals surface area (Å²) in [5.41, 5.74) is 3.82. The minimum atomic E-state index is -0.464. The summed E-state index contributed by atoms with van der Waals surface area (Å²) in [5.74, 6) is -0.159. The van der Waals surface area contributed by atoms with E-state index in [1.165, 1.54) is 4.90 Å². The molecule has 1 fully saturated rings. The van der Waals surface area contributed by atoms with Gasteiger partial charge in [-0.2, -0.15) is 0 Å². The van der Waals surface area contributed by atoms with E-state index in [0.29, 0.717) is 11.4 Å². The number of imide groups is 1. The molecule has 0 spiro atoms. The molecular formula is C33H27NO3. The SMILES string of the molecule is Cc1ccc(Oc2ccc(N3C(=O)[C@H]4[C@H](C3=O)[C@H](c3ccccc3)C=C[C@H]4c3ccccc3)cc2)cc1. The highest BCUT2D eigenvalue weighted by Gasteiger charge is 2.55. The second-order valence-corrected chi connectivity index (χ2v) is 9.73. The topological polar surface area (TPSA) is 46.6 Å². The standard InChI is InChI=1S/C33H27NO3/c1-22-12-16-26(17-13-22)37-27-18-14-25(15-19-27)34-32(35)30-28(23-8-4-2-5-9-23)20-21-29(31(30)33(34)36)24-10-6-3-7-11-24/h2-21,28-31H,1H3/t28-,29-,30+,31+/m0/s1. The van der Waals surface area contributed by atoms with Crippen molar-refractivity contribution in [2.45, 2.75) is 18.8 Å². The summed E-state index contributed by atoms with van der Waals surface area (Å²) >= 11 is 0. The molecule has 0 saturated carbocycles. The number of hydrogen-bond acceptors (Lipinski definition) is 3. The lowest BCUT2D eigenvalue weighted by atomic mass is 9.68. The molecule has 1 aliphatic heterocycles. The van der Waals surface area contributed by atoms with Gasteiger partial charge in [-0.1, -0.05) is 90.5 Å². The van der Waals surface area contributed by atoms with Gasteiger partial charge in [-0.3, -0.25) is 9.59 Å². The van der Waals surface area contributed by atoms with Crippen molar-refractivity contribution in [3.05, 3.63) is 138 Å². The van der Waals surface area contributed by atoms with Crippen LogP contribution in [0.2, 0.25) is 0 Å². The number of allylic oxidation sites excluding steroid dienone is 2. The van der Waals surface area contributed by atoms with Crippen LogP contribution in [0.1, 0.15) is 28.5 Å². The van der Waals surface area contributed by atoms with Gasteiger partial charge in [0.1, 0.15) is 11.5 Å². The van der Waals surface area contributed by atoms with E-state index < -0.39 is 11.8 Å². The van der Waals surface area contributed by atoms with Gasteiger partial charge in [0.2, 0.25) is 11.8 Å². The fourth-order valence-electron chi connectivity index (χ4n) is 5.59. The molecular weight excluding hydrogens is 458 g/mol. The Morgan fingerprint density at radius 2 is 1.00 bits per heavy atom. The number of aryl methyl sites for hydroxylation is 1. The van der Waals surface area contributed by atoms with Gasteiger partial charge in [-0.15, -0.1) is 0 Å². The third kappa shape index (κ3) is 4.25. The summed E-state index contributed by atoms with van der Waals surface area (Å²) in [6, 6.07) is 35.0. The number of amides is 2. The fraction of sp³-hybridized carbons (Fsp3) is 0.152. The number of carbonyl (C=O) groups excluding carboxylic acids is 2. The van der Waals surface area contributed by atoms with Crippen molar-refractivity contribution in [3.63, 3.8) is 0 Å². The van der Waals surface area contributed by atoms with Crippen LogP contribution in [0, 0.1) is 18.8 Å². The van der Waals surface area contributed by atoms with E-state index in [-0.39, 0.29) is 23.7 Å². The van der Waals surface area contributed by atoms with Crippen LogP contribution in [0.4, 0.5) is 5.69 Å². The average Bonchev–Trinajstić information content (AvgIpc) is 3.21. The van der Waals surface area contributed by atoms with Gasteiger partial charge in [0.05, 0.1) is 17.5 Å². The first kappa shape index (κ1) is 23.0. The van der Waals surface area contributed by atoms with Crippen molar-refractivity contribution >= 4 is 17.5 Å². The maximum absolute atomic E-state index is 14.0. The van der Waals surface area contributed by atoms with Gasteiger partial charge < -0.3 is 4.74 Å². The Hall–Kier alpha value is -4.44. The van der Waals surface area contributed by atoms with Gasteiger partial charge in [-0.25, -0.2) is 4.90 Å².